The SMILES string of the molecule is COC(=O)C1=C[C@H]2CC=C(OC)[C@@](CO[Si](C(C)C)(C(C)C)C(C)C)(C2=O)C1(C)C. The van der Waals surface area contributed by atoms with Crippen LogP contribution >= 0.6 is 0 Å². The van der Waals surface area contributed by atoms with Crippen LogP contribution in [0.5, 0.6) is 0 Å². The predicted molar refractivity (Wildman–Crippen MR) is 122 cm³/mol. The average Bonchev–Trinajstić information content (AvgIpc) is 2.65. The summed E-state index contributed by atoms with van der Waals surface area (Å²) in [6.45, 7) is 17.5. The van der Waals surface area contributed by atoms with Gasteiger partial charge in [-0.3, -0.25) is 4.79 Å². The Morgan fingerprint density at radius 3 is 2.07 bits per heavy atom. The van der Waals surface area contributed by atoms with E-state index >= 15 is 0 Å². The Hall–Kier alpha value is -1.40. The summed E-state index contributed by atoms with van der Waals surface area (Å²) in [5.74, 6) is -0.0525. The summed E-state index contributed by atoms with van der Waals surface area (Å²) in [6.07, 6.45) is 4.33. The zero-order valence-corrected chi connectivity index (χ0v) is 21.4. The molecule has 0 aromatic rings. The average molecular weight is 437 g/mol. The molecule has 0 unspecified atom stereocenters. The molecule has 0 saturated heterocycles. The maximum absolute atomic E-state index is 13.8. The van der Waals surface area contributed by atoms with E-state index in [-0.39, 0.29) is 24.3 Å². The summed E-state index contributed by atoms with van der Waals surface area (Å²) in [5.41, 5.74) is -0.158. The molecular weight excluding hydrogens is 396 g/mol. The monoisotopic (exact) mass is 436 g/mol. The Kier molecular flexibility index (Phi) is 7.14. The van der Waals surface area contributed by atoms with Crippen molar-refractivity contribution in [3.05, 3.63) is 23.5 Å². The maximum atomic E-state index is 13.8. The molecule has 0 aliphatic heterocycles. The molecule has 0 heterocycles. The highest BCUT2D eigenvalue weighted by Crippen LogP contribution is 2.58. The van der Waals surface area contributed by atoms with Crippen molar-refractivity contribution in [3.8, 4) is 0 Å². The predicted octanol–water partition coefficient (Wildman–Crippen LogP) is 5.42. The van der Waals surface area contributed by atoms with Crippen LogP contribution < -0.4 is 0 Å². The number of hydrogen-bond donors (Lipinski definition) is 0. The Balaban J connectivity index is 2.66. The van der Waals surface area contributed by atoms with Crippen LogP contribution in [-0.4, -0.2) is 40.9 Å². The van der Waals surface area contributed by atoms with Crippen molar-refractivity contribution in [2.24, 2.45) is 16.7 Å². The summed E-state index contributed by atoms with van der Waals surface area (Å²) in [4.78, 5) is 26.5. The number of ketones is 1. The Morgan fingerprint density at radius 2 is 1.63 bits per heavy atom. The molecule has 0 spiro atoms. The zero-order chi connectivity index (χ0) is 23.1. The first-order valence-corrected chi connectivity index (χ1v) is 13.2. The van der Waals surface area contributed by atoms with Crippen LogP contribution in [-0.2, 0) is 23.5 Å². The van der Waals surface area contributed by atoms with Crippen LogP contribution in [0.25, 0.3) is 0 Å². The van der Waals surface area contributed by atoms with Crippen molar-refractivity contribution in [1.29, 1.82) is 0 Å². The smallest absolute Gasteiger partial charge is 0.334 e. The van der Waals surface area contributed by atoms with E-state index in [1.807, 2.05) is 19.9 Å². The van der Waals surface area contributed by atoms with E-state index in [0.29, 0.717) is 34.4 Å². The van der Waals surface area contributed by atoms with Gasteiger partial charge in [0.15, 0.2) is 14.1 Å². The number of Topliss-reactive ketones (excluding diaryl/α,β-unsaturated/α-hetero) is 1. The molecule has 2 rings (SSSR count). The molecule has 0 aromatic carbocycles. The van der Waals surface area contributed by atoms with Gasteiger partial charge in [-0.05, 0) is 29.1 Å². The van der Waals surface area contributed by atoms with Crippen molar-refractivity contribution in [3.63, 3.8) is 0 Å². The second-order valence-electron chi connectivity index (χ2n) is 10.2. The maximum Gasteiger partial charge on any atom is 0.334 e. The van der Waals surface area contributed by atoms with Crippen LogP contribution in [0.15, 0.2) is 23.5 Å². The summed E-state index contributed by atoms with van der Waals surface area (Å²) in [6, 6.07) is 0. The van der Waals surface area contributed by atoms with Crippen molar-refractivity contribution in [1.82, 2.24) is 0 Å². The minimum atomic E-state index is -2.24. The van der Waals surface area contributed by atoms with Crippen LogP contribution in [0.1, 0.15) is 61.8 Å². The molecule has 2 aliphatic carbocycles. The van der Waals surface area contributed by atoms with E-state index in [4.69, 9.17) is 13.9 Å². The highest BCUT2D eigenvalue weighted by atomic mass is 28.4. The van der Waals surface area contributed by atoms with E-state index in [1.165, 1.54) is 7.11 Å². The molecule has 0 saturated carbocycles. The van der Waals surface area contributed by atoms with Gasteiger partial charge in [0, 0.05) is 16.9 Å². The van der Waals surface area contributed by atoms with E-state index in [0.717, 1.165) is 0 Å². The lowest BCUT2D eigenvalue weighted by Gasteiger charge is -2.54. The Morgan fingerprint density at radius 1 is 1.10 bits per heavy atom. The number of hydrogen-bond acceptors (Lipinski definition) is 5. The van der Waals surface area contributed by atoms with Crippen molar-refractivity contribution < 1.29 is 23.5 Å². The van der Waals surface area contributed by atoms with Gasteiger partial charge in [0.05, 0.1) is 20.8 Å². The number of methoxy groups -OCH3 is 2. The Bertz CT molecular complexity index is 725. The number of carbonyl (C=O) groups excluding carboxylic acids is 2. The second-order valence-corrected chi connectivity index (χ2v) is 15.6. The van der Waals surface area contributed by atoms with E-state index in [1.54, 1.807) is 13.2 Å². The number of carbonyl (C=O) groups is 2. The van der Waals surface area contributed by atoms with Gasteiger partial charge in [0.2, 0.25) is 0 Å². The lowest BCUT2D eigenvalue weighted by Crippen LogP contribution is -2.60. The molecule has 170 valence electrons. The molecule has 0 aromatic heterocycles. The molecule has 6 heteroatoms. The summed E-state index contributed by atoms with van der Waals surface area (Å²) < 4.78 is 17.8. The third-order valence-corrected chi connectivity index (χ3v) is 13.8. The number of allylic oxidation sites excluding steroid dienone is 2. The molecule has 2 bridgehead atoms. The lowest BCUT2D eigenvalue weighted by atomic mass is 9.51. The largest absolute Gasteiger partial charge is 0.500 e. The highest BCUT2D eigenvalue weighted by Gasteiger charge is 2.64. The van der Waals surface area contributed by atoms with Crippen molar-refractivity contribution in [2.45, 2.75) is 78.4 Å². The van der Waals surface area contributed by atoms with Crippen molar-refractivity contribution >= 4 is 20.1 Å². The standard InChI is InChI=1S/C24H40O5Si/c1-15(2)30(16(3)4,17(5)6)29-14-24-20(27-9)12-11-18(21(24)25)13-19(22(26)28-10)23(24,7)8/h12-13,15-18H,11,14H2,1-10H3/t18-,24+/m1/s1. The van der Waals surface area contributed by atoms with E-state index < -0.39 is 19.1 Å². The van der Waals surface area contributed by atoms with Gasteiger partial charge < -0.3 is 13.9 Å². The summed E-state index contributed by atoms with van der Waals surface area (Å²) >= 11 is 0. The third-order valence-electron chi connectivity index (χ3n) is 7.71. The molecule has 0 fully saturated rings. The molecular formula is C24H40O5Si. The van der Waals surface area contributed by atoms with Gasteiger partial charge in [-0.15, -0.1) is 0 Å². The first kappa shape index (κ1) is 24.9. The van der Waals surface area contributed by atoms with Gasteiger partial charge in [-0.2, -0.15) is 0 Å². The van der Waals surface area contributed by atoms with Crippen LogP contribution in [0.4, 0.5) is 0 Å². The van der Waals surface area contributed by atoms with Crippen LogP contribution in [0.3, 0.4) is 0 Å². The van der Waals surface area contributed by atoms with Gasteiger partial charge in [0.25, 0.3) is 0 Å². The first-order chi connectivity index (χ1) is 13.8. The van der Waals surface area contributed by atoms with Gasteiger partial charge in [-0.25, -0.2) is 4.79 Å². The van der Waals surface area contributed by atoms with E-state index in [2.05, 4.69) is 41.5 Å². The molecule has 2 atom stereocenters. The lowest BCUT2D eigenvalue weighted by molar-refractivity contribution is -0.147. The first-order valence-electron chi connectivity index (χ1n) is 11.1. The summed E-state index contributed by atoms with van der Waals surface area (Å²) in [5, 5.41) is 0. The second kappa shape index (κ2) is 8.62. The quantitative estimate of drug-likeness (QED) is 0.375. The normalized spacial score (nSPS) is 26.0. The molecule has 0 amide bonds. The highest BCUT2D eigenvalue weighted by molar-refractivity contribution is 6.77. The zero-order valence-electron chi connectivity index (χ0n) is 20.4. The van der Waals surface area contributed by atoms with Crippen LogP contribution in [0, 0.1) is 16.7 Å². The topological polar surface area (TPSA) is 61.8 Å². The minimum Gasteiger partial charge on any atom is -0.500 e. The van der Waals surface area contributed by atoms with Crippen molar-refractivity contribution in [2.75, 3.05) is 20.8 Å². The number of rotatable bonds is 8. The van der Waals surface area contributed by atoms with Crippen LogP contribution in [0.2, 0.25) is 16.6 Å². The molecule has 0 N–H and O–H groups in total. The molecule has 0 radical (unpaired) electrons. The van der Waals surface area contributed by atoms with E-state index in [9.17, 15) is 9.59 Å². The fourth-order valence-corrected chi connectivity index (χ4v) is 11.6. The fourth-order valence-electron chi connectivity index (χ4n) is 6.10. The van der Waals surface area contributed by atoms with Gasteiger partial charge in [-0.1, -0.05) is 61.5 Å². The van der Waals surface area contributed by atoms with Gasteiger partial charge >= 0.3 is 5.97 Å². The minimum absolute atomic E-state index is 0.0821. The molecule has 5 nitrogen and oxygen atoms in total. The molecule has 2 aliphatic rings. The fraction of sp³-hybridized carbons (Fsp3) is 0.750. The van der Waals surface area contributed by atoms with Gasteiger partial charge in [0.1, 0.15) is 11.2 Å². The number of esters is 1. The summed E-state index contributed by atoms with van der Waals surface area (Å²) in [7, 11) is 0.752. The molecule has 30 heavy (non-hydrogen) atoms. The third kappa shape index (κ3) is 3.40. The number of fused-ring (bicyclic) bond motifs is 2. The Labute approximate surface area is 183 Å². The number of ether oxygens (including phenoxy) is 2.